The van der Waals surface area contributed by atoms with E-state index in [-0.39, 0.29) is 5.91 Å². The molecule has 0 atom stereocenters. The van der Waals surface area contributed by atoms with Gasteiger partial charge in [-0.15, -0.1) is 0 Å². The molecular weight excluding hydrogens is 212 g/mol. The van der Waals surface area contributed by atoms with Crippen LogP contribution < -0.4 is 11.1 Å². The maximum Gasteiger partial charge on any atom is 0.228 e. The van der Waals surface area contributed by atoms with E-state index >= 15 is 0 Å². The van der Waals surface area contributed by atoms with Crippen molar-refractivity contribution in [2.24, 2.45) is 5.73 Å². The lowest BCUT2D eigenvalue weighted by Gasteiger charge is -2.36. The van der Waals surface area contributed by atoms with Crippen molar-refractivity contribution in [3.63, 3.8) is 0 Å². The van der Waals surface area contributed by atoms with Crippen LogP contribution in [0.4, 0.5) is 0 Å². The molecule has 92 valence electrons. The minimum Gasteiger partial charge on any atom is -0.369 e. The van der Waals surface area contributed by atoms with Crippen molar-refractivity contribution in [3.8, 4) is 0 Å². The first-order chi connectivity index (χ1) is 8.06. The standard InChI is InChI=1S/C14H20N2O/c1-10-3-4-12(11(2)9-10)14(13(15)17)5-7-16-8-6-14/h3-4,9,16H,5-8H2,1-2H3,(H2,15,17). The van der Waals surface area contributed by atoms with E-state index in [0.29, 0.717) is 0 Å². The Hall–Kier alpha value is -1.35. The Labute approximate surface area is 102 Å². The third-order valence-corrected chi connectivity index (χ3v) is 3.83. The van der Waals surface area contributed by atoms with Crippen LogP contribution in [0.1, 0.15) is 29.5 Å². The highest BCUT2D eigenvalue weighted by Gasteiger charge is 2.40. The average Bonchev–Trinajstić information content (AvgIpc) is 2.29. The van der Waals surface area contributed by atoms with E-state index in [4.69, 9.17) is 5.73 Å². The summed E-state index contributed by atoms with van der Waals surface area (Å²) in [5.41, 5.74) is 8.71. The summed E-state index contributed by atoms with van der Waals surface area (Å²) in [6, 6.07) is 6.26. The van der Waals surface area contributed by atoms with E-state index in [1.807, 2.05) is 0 Å². The van der Waals surface area contributed by atoms with E-state index in [9.17, 15) is 4.79 Å². The van der Waals surface area contributed by atoms with Crippen LogP contribution in [0.2, 0.25) is 0 Å². The second-order valence-electron chi connectivity index (χ2n) is 5.01. The van der Waals surface area contributed by atoms with Crippen LogP contribution in [-0.4, -0.2) is 19.0 Å². The number of nitrogens with one attached hydrogen (secondary N) is 1. The Balaban J connectivity index is 2.49. The zero-order valence-corrected chi connectivity index (χ0v) is 10.5. The van der Waals surface area contributed by atoms with E-state index < -0.39 is 5.41 Å². The molecule has 3 heteroatoms. The normalized spacial score (nSPS) is 18.9. The first kappa shape index (κ1) is 12.1. The maximum absolute atomic E-state index is 11.9. The molecule has 0 bridgehead atoms. The summed E-state index contributed by atoms with van der Waals surface area (Å²) in [6.45, 7) is 5.84. The summed E-state index contributed by atoms with van der Waals surface area (Å²) < 4.78 is 0. The van der Waals surface area contributed by atoms with Crippen LogP contribution in [0.25, 0.3) is 0 Å². The molecule has 1 aliphatic rings. The van der Waals surface area contributed by atoms with Crippen molar-refractivity contribution in [1.29, 1.82) is 0 Å². The third-order valence-electron chi connectivity index (χ3n) is 3.83. The van der Waals surface area contributed by atoms with Gasteiger partial charge in [-0.1, -0.05) is 23.8 Å². The van der Waals surface area contributed by atoms with Gasteiger partial charge in [0.15, 0.2) is 0 Å². The van der Waals surface area contributed by atoms with Gasteiger partial charge >= 0.3 is 0 Å². The molecule has 1 saturated heterocycles. The quantitative estimate of drug-likeness (QED) is 0.810. The van der Waals surface area contributed by atoms with E-state index in [0.717, 1.165) is 31.5 Å². The first-order valence-corrected chi connectivity index (χ1v) is 6.15. The highest BCUT2D eigenvalue weighted by atomic mass is 16.1. The minimum absolute atomic E-state index is 0.189. The summed E-state index contributed by atoms with van der Waals surface area (Å²) in [4.78, 5) is 11.9. The predicted molar refractivity (Wildman–Crippen MR) is 68.9 cm³/mol. The van der Waals surface area contributed by atoms with Crippen molar-refractivity contribution >= 4 is 5.91 Å². The van der Waals surface area contributed by atoms with Gasteiger partial charge in [-0.25, -0.2) is 0 Å². The van der Waals surface area contributed by atoms with Crippen LogP contribution in [0.5, 0.6) is 0 Å². The topological polar surface area (TPSA) is 55.1 Å². The molecule has 0 saturated carbocycles. The number of aryl methyl sites for hydroxylation is 2. The average molecular weight is 232 g/mol. The van der Waals surface area contributed by atoms with Gasteiger partial charge in [0, 0.05) is 0 Å². The second-order valence-corrected chi connectivity index (χ2v) is 5.01. The Morgan fingerprint density at radius 2 is 1.94 bits per heavy atom. The molecular formula is C14H20N2O. The molecule has 3 N–H and O–H groups in total. The van der Waals surface area contributed by atoms with Crippen molar-refractivity contribution in [3.05, 3.63) is 34.9 Å². The van der Waals surface area contributed by atoms with Crippen molar-refractivity contribution in [2.45, 2.75) is 32.1 Å². The fraction of sp³-hybridized carbons (Fsp3) is 0.500. The molecule has 0 spiro atoms. The monoisotopic (exact) mass is 232 g/mol. The lowest BCUT2D eigenvalue weighted by Crippen LogP contribution is -2.49. The zero-order valence-electron chi connectivity index (χ0n) is 10.5. The molecule has 1 aromatic carbocycles. The Kier molecular flexibility index (Phi) is 3.20. The number of rotatable bonds is 2. The molecule has 0 aliphatic carbocycles. The first-order valence-electron chi connectivity index (χ1n) is 6.15. The number of carbonyl (C=O) groups is 1. The zero-order chi connectivity index (χ0) is 12.5. The minimum atomic E-state index is -0.469. The summed E-state index contributed by atoms with van der Waals surface area (Å²) >= 11 is 0. The molecule has 2 rings (SSSR count). The van der Waals surface area contributed by atoms with Gasteiger partial charge in [-0.3, -0.25) is 4.79 Å². The molecule has 1 aromatic rings. The van der Waals surface area contributed by atoms with Gasteiger partial charge in [0.25, 0.3) is 0 Å². The van der Waals surface area contributed by atoms with Gasteiger partial charge in [0.1, 0.15) is 0 Å². The Morgan fingerprint density at radius 3 is 2.47 bits per heavy atom. The van der Waals surface area contributed by atoms with Crippen LogP contribution in [0.3, 0.4) is 0 Å². The van der Waals surface area contributed by atoms with E-state index in [2.05, 4.69) is 37.4 Å². The van der Waals surface area contributed by atoms with E-state index in [1.165, 1.54) is 11.1 Å². The fourth-order valence-corrected chi connectivity index (χ4v) is 2.85. The molecule has 0 aromatic heterocycles. The SMILES string of the molecule is Cc1ccc(C2(C(N)=O)CCNCC2)c(C)c1. The summed E-state index contributed by atoms with van der Waals surface area (Å²) in [6.07, 6.45) is 1.60. The summed E-state index contributed by atoms with van der Waals surface area (Å²) in [5.74, 6) is -0.189. The summed E-state index contributed by atoms with van der Waals surface area (Å²) in [7, 11) is 0. The number of hydrogen-bond acceptors (Lipinski definition) is 2. The van der Waals surface area contributed by atoms with Crippen LogP contribution in [0.15, 0.2) is 18.2 Å². The van der Waals surface area contributed by atoms with Crippen molar-refractivity contribution in [1.82, 2.24) is 5.32 Å². The third kappa shape index (κ3) is 2.07. The van der Waals surface area contributed by atoms with Gasteiger partial charge in [0.2, 0.25) is 5.91 Å². The molecule has 0 unspecified atom stereocenters. The van der Waals surface area contributed by atoms with Gasteiger partial charge in [-0.2, -0.15) is 0 Å². The number of nitrogens with two attached hydrogens (primary N) is 1. The highest BCUT2D eigenvalue weighted by molar-refractivity contribution is 5.87. The van der Waals surface area contributed by atoms with Crippen molar-refractivity contribution in [2.75, 3.05) is 13.1 Å². The molecule has 17 heavy (non-hydrogen) atoms. The highest BCUT2D eigenvalue weighted by Crippen LogP contribution is 2.35. The molecule has 0 radical (unpaired) electrons. The molecule has 1 fully saturated rings. The lowest BCUT2D eigenvalue weighted by molar-refractivity contribution is -0.124. The number of carbonyl (C=O) groups excluding carboxylic acids is 1. The van der Waals surface area contributed by atoms with Crippen molar-refractivity contribution < 1.29 is 4.79 Å². The smallest absolute Gasteiger partial charge is 0.228 e. The second kappa shape index (κ2) is 4.49. The van der Waals surface area contributed by atoms with Gasteiger partial charge in [0.05, 0.1) is 5.41 Å². The number of benzene rings is 1. The van der Waals surface area contributed by atoms with E-state index in [1.54, 1.807) is 0 Å². The Morgan fingerprint density at radius 1 is 1.29 bits per heavy atom. The number of hydrogen-bond donors (Lipinski definition) is 2. The lowest BCUT2D eigenvalue weighted by atomic mass is 9.71. The molecule has 1 amide bonds. The van der Waals surface area contributed by atoms with Crippen LogP contribution >= 0.6 is 0 Å². The largest absolute Gasteiger partial charge is 0.369 e. The van der Waals surface area contributed by atoms with Gasteiger partial charge < -0.3 is 11.1 Å². The Bertz CT molecular complexity index is 434. The van der Waals surface area contributed by atoms with Crippen LogP contribution in [0, 0.1) is 13.8 Å². The number of amides is 1. The number of primary amides is 1. The maximum atomic E-state index is 11.9. The number of piperidine rings is 1. The summed E-state index contributed by atoms with van der Waals surface area (Å²) in [5, 5.41) is 3.29. The fourth-order valence-electron chi connectivity index (χ4n) is 2.85. The van der Waals surface area contributed by atoms with Gasteiger partial charge in [-0.05, 0) is 50.9 Å². The predicted octanol–water partition coefficient (Wildman–Crippen LogP) is 1.41. The molecule has 1 heterocycles. The molecule has 1 aliphatic heterocycles. The molecule has 3 nitrogen and oxygen atoms in total. The van der Waals surface area contributed by atoms with Crippen LogP contribution in [-0.2, 0) is 10.2 Å².